The normalized spacial score (nSPS) is 18.7. The van der Waals surface area contributed by atoms with Gasteiger partial charge in [-0.05, 0) is 25.5 Å². The molecule has 0 fully saturated rings. The minimum absolute atomic E-state index is 0.201. The summed E-state index contributed by atoms with van der Waals surface area (Å²) in [6, 6.07) is 3.57. The van der Waals surface area contributed by atoms with Crippen molar-refractivity contribution in [2.24, 2.45) is 0 Å². The van der Waals surface area contributed by atoms with E-state index in [2.05, 4.69) is 6.58 Å². The highest BCUT2D eigenvalue weighted by Crippen LogP contribution is 2.46. The van der Waals surface area contributed by atoms with Crippen molar-refractivity contribution < 1.29 is 19.4 Å². The van der Waals surface area contributed by atoms with Gasteiger partial charge in [0.1, 0.15) is 17.6 Å². The van der Waals surface area contributed by atoms with Gasteiger partial charge < -0.3 is 14.6 Å². The number of carbonyl (C=O) groups is 1. The van der Waals surface area contributed by atoms with Crippen LogP contribution in [-0.4, -0.2) is 23.8 Å². The molecule has 1 aromatic carbocycles. The van der Waals surface area contributed by atoms with E-state index in [9.17, 15) is 9.90 Å². The largest absolute Gasteiger partial charge is 0.508 e. The lowest BCUT2D eigenvalue weighted by Crippen LogP contribution is -2.34. The van der Waals surface area contributed by atoms with Gasteiger partial charge in [-0.25, -0.2) is 0 Å². The molecule has 1 aliphatic heterocycles. The van der Waals surface area contributed by atoms with Crippen molar-refractivity contribution in [2.45, 2.75) is 45.1 Å². The first-order valence-corrected chi connectivity index (χ1v) is 7.19. The van der Waals surface area contributed by atoms with Gasteiger partial charge in [0.05, 0.1) is 13.0 Å². The summed E-state index contributed by atoms with van der Waals surface area (Å²) in [7, 11) is 0. The molecule has 0 amide bonds. The molecule has 0 aliphatic carbocycles. The third kappa shape index (κ3) is 2.89. The minimum atomic E-state index is -0.355. The fraction of sp³-hybridized carbons (Fsp3) is 0.471. The lowest BCUT2D eigenvalue weighted by molar-refractivity contribution is -0.145. The van der Waals surface area contributed by atoms with E-state index in [-0.39, 0.29) is 29.7 Å². The number of allylic oxidation sites excluding steroid dienone is 1. The van der Waals surface area contributed by atoms with Crippen LogP contribution >= 0.6 is 0 Å². The molecule has 1 unspecified atom stereocenters. The molecule has 1 N–H and O–H groups in total. The number of benzene rings is 1. The number of aromatic hydroxyl groups is 1. The van der Waals surface area contributed by atoms with Crippen molar-refractivity contribution in [3.63, 3.8) is 0 Å². The second-order valence-electron chi connectivity index (χ2n) is 5.81. The maximum absolute atomic E-state index is 11.7. The van der Waals surface area contributed by atoms with E-state index >= 15 is 0 Å². The van der Waals surface area contributed by atoms with Crippen LogP contribution in [0.3, 0.4) is 0 Å². The molecular weight excluding hydrogens is 268 g/mol. The smallest absolute Gasteiger partial charge is 0.309 e. The van der Waals surface area contributed by atoms with E-state index in [0.717, 1.165) is 16.9 Å². The summed E-state index contributed by atoms with van der Waals surface area (Å²) in [6.07, 6.45) is 2.22. The molecule has 0 spiro atoms. The molecule has 1 atom stereocenters. The summed E-state index contributed by atoms with van der Waals surface area (Å²) < 4.78 is 10.9. The number of hydrogen-bond acceptors (Lipinski definition) is 4. The van der Waals surface area contributed by atoms with E-state index in [4.69, 9.17) is 9.47 Å². The van der Waals surface area contributed by atoms with Crippen LogP contribution < -0.4 is 4.74 Å². The Kier molecular flexibility index (Phi) is 4.26. The van der Waals surface area contributed by atoms with E-state index < -0.39 is 0 Å². The van der Waals surface area contributed by atoms with Crippen LogP contribution in [0.5, 0.6) is 11.5 Å². The van der Waals surface area contributed by atoms with Crippen molar-refractivity contribution in [3.05, 3.63) is 35.9 Å². The Morgan fingerprint density at radius 1 is 1.52 bits per heavy atom. The fourth-order valence-corrected chi connectivity index (χ4v) is 2.67. The number of fused-ring (bicyclic) bond motifs is 1. The summed E-state index contributed by atoms with van der Waals surface area (Å²) in [6.45, 7) is 9.85. The van der Waals surface area contributed by atoms with E-state index in [1.807, 2.05) is 19.9 Å². The zero-order valence-corrected chi connectivity index (χ0v) is 12.8. The molecule has 1 aromatic rings. The maximum Gasteiger partial charge on any atom is 0.309 e. The lowest BCUT2D eigenvalue weighted by Gasteiger charge is -2.25. The van der Waals surface area contributed by atoms with Crippen LogP contribution in [0, 0.1) is 0 Å². The molecule has 0 saturated heterocycles. The molecule has 0 saturated carbocycles. The quantitative estimate of drug-likeness (QED) is 0.668. The summed E-state index contributed by atoms with van der Waals surface area (Å²) >= 11 is 0. The Labute approximate surface area is 125 Å². The maximum atomic E-state index is 11.7. The first-order chi connectivity index (χ1) is 9.90. The summed E-state index contributed by atoms with van der Waals surface area (Å²) in [5.74, 6) is 0.699. The second kappa shape index (κ2) is 5.80. The first kappa shape index (κ1) is 15.4. The molecule has 114 valence electrons. The van der Waals surface area contributed by atoms with Gasteiger partial charge in [0.25, 0.3) is 0 Å². The molecule has 0 radical (unpaired) electrons. The van der Waals surface area contributed by atoms with Crippen molar-refractivity contribution in [2.75, 3.05) is 6.61 Å². The van der Waals surface area contributed by atoms with E-state index in [1.54, 1.807) is 19.1 Å². The van der Waals surface area contributed by atoms with Crippen molar-refractivity contribution >= 4 is 5.97 Å². The highest BCUT2D eigenvalue weighted by molar-refractivity contribution is 5.71. The third-order valence-electron chi connectivity index (χ3n) is 3.97. The molecular formula is C17H22O4. The van der Waals surface area contributed by atoms with Crippen molar-refractivity contribution in [1.82, 2.24) is 0 Å². The van der Waals surface area contributed by atoms with Gasteiger partial charge in [-0.15, -0.1) is 6.58 Å². The topological polar surface area (TPSA) is 55.8 Å². The molecule has 0 bridgehead atoms. The van der Waals surface area contributed by atoms with Gasteiger partial charge in [-0.2, -0.15) is 0 Å². The number of carbonyl (C=O) groups excluding carboxylic acids is 1. The van der Waals surface area contributed by atoms with Crippen molar-refractivity contribution in [1.29, 1.82) is 0 Å². The van der Waals surface area contributed by atoms with E-state index in [1.165, 1.54) is 0 Å². The van der Waals surface area contributed by atoms with Crippen LogP contribution in [-0.2, 0) is 21.4 Å². The number of rotatable bonds is 5. The van der Waals surface area contributed by atoms with Gasteiger partial charge in [0, 0.05) is 16.5 Å². The first-order valence-electron chi connectivity index (χ1n) is 7.19. The van der Waals surface area contributed by atoms with Crippen LogP contribution in [0.1, 0.15) is 38.3 Å². The van der Waals surface area contributed by atoms with Gasteiger partial charge in [-0.1, -0.05) is 19.9 Å². The predicted molar refractivity (Wildman–Crippen MR) is 80.7 cm³/mol. The molecule has 1 heterocycles. The Hall–Kier alpha value is -1.97. The highest BCUT2D eigenvalue weighted by Gasteiger charge is 2.43. The molecule has 4 nitrogen and oxygen atoms in total. The van der Waals surface area contributed by atoms with Crippen LogP contribution in [0.25, 0.3) is 0 Å². The standard InChI is InChI=1S/C17H22O4/c1-5-7-11-8-14-12(9-13(11)18)17(3,4)15(21-14)10-16(19)20-6-2/h5,8-9,15,18H,1,6-7,10H2,2-4H3. The molecule has 2 rings (SSSR count). The summed E-state index contributed by atoms with van der Waals surface area (Å²) in [5, 5.41) is 10.1. The van der Waals surface area contributed by atoms with Gasteiger partial charge >= 0.3 is 5.97 Å². The minimum Gasteiger partial charge on any atom is -0.508 e. The summed E-state index contributed by atoms with van der Waals surface area (Å²) in [5.41, 5.74) is 1.34. The Morgan fingerprint density at radius 2 is 2.24 bits per heavy atom. The van der Waals surface area contributed by atoms with Gasteiger partial charge in [-0.3, -0.25) is 4.79 Å². The Morgan fingerprint density at radius 3 is 2.86 bits per heavy atom. The third-order valence-corrected chi connectivity index (χ3v) is 3.97. The molecule has 0 aromatic heterocycles. The van der Waals surface area contributed by atoms with Crippen LogP contribution in [0.15, 0.2) is 24.8 Å². The number of phenols is 1. The zero-order chi connectivity index (χ0) is 15.6. The monoisotopic (exact) mass is 290 g/mol. The number of hydrogen-bond donors (Lipinski definition) is 1. The SMILES string of the molecule is C=CCc1cc2c(cc1O)C(C)(C)C(CC(=O)OCC)O2. The number of ether oxygens (including phenoxy) is 2. The van der Waals surface area contributed by atoms with Crippen LogP contribution in [0.4, 0.5) is 0 Å². The van der Waals surface area contributed by atoms with Crippen molar-refractivity contribution in [3.8, 4) is 11.5 Å². The highest BCUT2D eigenvalue weighted by atomic mass is 16.5. The van der Waals surface area contributed by atoms with Gasteiger partial charge in [0.2, 0.25) is 0 Å². The average Bonchev–Trinajstić information content (AvgIpc) is 2.63. The Bertz CT molecular complexity index is 560. The number of phenolic OH excluding ortho intramolecular Hbond substituents is 1. The lowest BCUT2D eigenvalue weighted by atomic mass is 9.79. The van der Waals surface area contributed by atoms with Gasteiger partial charge in [0.15, 0.2) is 0 Å². The zero-order valence-electron chi connectivity index (χ0n) is 12.8. The summed E-state index contributed by atoms with van der Waals surface area (Å²) in [4.78, 5) is 11.7. The number of esters is 1. The fourth-order valence-electron chi connectivity index (χ4n) is 2.67. The second-order valence-corrected chi connectivity index (χ2v) is 5.81. The van der Waals surface area contributed by atoms with E-state index in [0.29, 0.717) is 13.0 Å². The predicted octanol–water partition coefficient (Wildman–Crippen LogP) is 3.11. The van der Waals surface area contributed by atoms with Crippen LogP contribution in [0.2, 0.25) is 0 Å². The molecule has 4 heteroatoms. The molecule has 21 heavy (non-hydrogen) atoms. The average molecular weight is 290 g/mol. The molecule has 1 aliphatic rings. The Balaban J connectivity index is 2.28.